The number of hydrogen-bond donors (Lipinski definition) is 3. The third-order valence-corrected chi connectivity index (χ3v) is 2.64. The van der Waals surface area contributed by atoms with Gasteiger partial charge in [0.05, 0.1) is 19.3 Å². The van der Waals surface area contributed by atoms with E-state index in [4.69, 9.17) is 15.6 Å². The molecule has 1 aliphatic rings. The Balaban J connectivity index is 2.29. The van der Waals surface area contributed by atoms with E-state index in [0.29, 0.717) is 0 Å². The lowest BCUT2D eigenvalue weighted by Gasteiger charge is -2.17. The summed E-state index contributed by atoms with van der Waals surface area (Å²) in [4.78, 5) is 15.1. The minimum absolute atomic E-state index is 0.133. The first-order valence-electron chi connectivity index (χ1n) is 4.88. The average Bonchev–Trinajstić information content (AvgIpc) is 2.60. The van der Waals surface area contributed by atoms with Gasteiger partial charge in [-0.2, -0.15) is 4.98 Å². The molecule has 7 heteroatoms. The average molecular weight is 227 g/mol. The summed E-state index contributed by atoms with van der Waals surface area (Å²) in [6.45, 7) is -0.118. The highest BCUT2D eigenvalue weighted by atomic mass is 16.5. The van der Waals surface area contributed by atoms with Gasteiger partial charge in [-0.25, -0.2) is 4.79 Å². The monoisotopic (exact) mass is 227 g/mol. The Hall–Kier alpha value is -1.44. The predicted octanol–water partition coefficient (Wildman–Crippen LogP) is -1.88. The number of anilines is 1. The zero-order chi connectivity index (χ0) is 11.7. The number of aromatic nitrogens is 2. The van der Waals surface area contributed by atoms with Crippen LogP contribution in [0.2, 0.25) is 0 Å². The summed E-state index contributed by atoms with van der Waals surface area (Å²) >= 11 is 0. The van der Waals surface area contributed by atoms with Crippen molar-refractivity contribution in [2.24, 2.45) is 0 Å². The molecule has 0 unspecified atom stereocenters. The molecule has 0 saturated carbocycles. The normalized spacial score (nSPS) is 29.5. The SMILES string of the molecule is Nc1ccn([C@H]2CO[C@@H](CO)[C@@H]2O)c(=O)n1. The highest BCUT2D eigenvalue weighted by Crippen LogP contribution is 2.23. The lowest BCUT2D eigenvalue weighted by atomic mass is 10.1. The van der Waals surface area contributed by atoms with Crippen molar-refractivity contribution in [1.82, 2.24) is 9.55 Å². The minimum atomic E-state index is -0.923. The standard InChI is InChI=1S/C9H13N3O4/c10-7-1-2-12(9(15)11-7)5-4-16-6(3-13)8(5)14/h1-2,5-6,8,13-14H,3-4H2,(H2,10,11,15)/t5-,6-,8+/m0/s1. The third kappa shape index (κ3) is 1.80. The highest BCUT2D eigenvalue weighted by molar-refractivity contribution is 5.23. The van der Waals surface area contributed by atoms with Crippen LogP contribution in [0.1, 0.15) is 6.04 Å². The van der Waals surface area contributed by atoms with Crippen molar-refractivity contribution in [3.63, 3.8) is 0 Å². The number of rotatable bonds is 2. The molecule has 16 heavy (non-hydrogen) atoms. The smallest absolute Gasteiger partial charge is 0.349 e. The van der Waals surface area contributed by atoms with Crippen LogP contribution in [0.15, 0.2) is 17.1 Å². The molecule has 0 bridgehead atoms. The van der Waals surface area contributed by atoms with Gasteiger partial charge in [0.25, 0.3) is 0 Å². The maximum absolute atomic E-state index is 11.5. The van der Waals surface area contributed by atoms with Crippen molar-refractivity contribution in [3.8, 4) is 0 Å². The molecule has 0 aliphatic carbocycles. The number of aliphatic hydroxyl groups excluding tert-OH is 2. The zero-order valence-corrected chi connectivity index (χ0v) is 8.48. The third-order valence-electron chi connectivity index (χ3n) is 2.64. The predicted molar refractivity (Wildman–Crippen MR) is 54.8 cm³/mol. The molecule has 0 amide bonds. The van der Waals surface area contributed by atoms with Crippen LogP contribution < -0.4 is 11.4 Å². The summed E-state index contributed by atoms with van der Waals surface area (Å²) in [5.74, 6) is 0.133. The summed E-state index contributed by atoms with van der Waals surface area (Å²) in [6.07, 6.45) is -0.121. The molecule has 88 valence electrons. The topological polar surface area (TPSA) is 111 Å². The van der Waals surface area contributed by atoms with E-state index in [2.05, 4.69) is 4.98 Å². The van der Waals surface area contributed by atoms with Crippen molar-refractivity contribution >= 4 is 5.82 Å². The van der Waals surface area contributed by atoms with Gasteiger partial charge in [-0.1, -0.05) is 0 Å². The molecule has 3 atom stereocenters. The van der Waals surface area contributed by atoms with Crippen LogP contribution in [0.5, 0.6) is 0 Å². The second-order valence-electron chi connectivity index (χ2n) is 3.65. The quantitative estimate of drug-likeness (QED) is 0.545. The van der Waals surface area contributed by atoms with Gasteiger partial charge in [0.1, 0.15) is 18.0 Å². The first kappa shape index (κ1) is 11.1. The first-order valence-corrected chi connectivity index (χ1v) is 4.88. The highest BCUT2D eigenvalue weighted by Gasteiger charge is 2.37. The molecular weight excluding hydrogens is 214 g/mol. The van der Waals surface area contributed by atoms with Gasteiger partial charge in [0.15, 0.2) is 0 Å². The molecule has 1 fully saturated rings. The van der Waals surface area contributed by atoms with Crippen LogP contribution in [-0.4, -0.2) is 45.2 Å². The van der Waals surface area contributed by atoms with Gasteiger partial charge < -0.3 is 20.7 Å². The fourth-order valence-electron chi connectivity index (χ4n) is 1.75. The fourth-order valence-corrected chi connectivity index (χ4v) is 1.75. The van der Waals surface area contributed by atoms with Gasteiger partial charge in [0, 0.05) is 6.20 Å². The summed E-state index contributed by atoms with van der Waals surface area (Å²) < 4.78 is 6.41. The Morgan fingerprint density at radius 2 is 2.44 bits per heavy atom. The lowest BCUT2D eigenvalue weighted by Crippen LogP contribution is -2.36. The Labute approximate surface area is 91.1 Å². The molecular formula is C9H13N3O4. The van der Waals surface area contributed by atoms with E-state index < -0.39 is 23.9 Å². The van der Waals surface area contributed by atoms with Gasteiger partial charge in [-0.05, 0) is 6.07 Å². The molecule has 0 radical (unpaired) electrons. The molecule has 1 aromatic rings. The minimum Gasteiger partial charge on any atom is -0.394 e. The van der Waals surface area contributed by atoms with Crippen LogP contribution in [0.4, 0.5) is 5.82 Å². The van der Waals surface area contributed by atoms with Crippen molar-refractivity contribution < 1.29 is 14.9 Å². The summed E-state index contributed by atoms with van der Waals surface area (Å²) in [6, 6.07) is 0.943. The number of aliphatic hydroxyl groups is 2. The molecule has 2 rings (SSSR count). The zero-order valence-electron chi connectivity index (χ0n) is 8.48. The van der Waals surface area contributed by atoms with Crippen LogP contribution in [0.25, 0.3) is 0 Å². The number of nitrogens with zero attached hydrogens (tertiary/aromatic N) is 2. The maximum atomic E-state index is 11.5. The second kappa shape index (κ2) is 4.20. The van der Waals surface area contributed by atoms with Gasteiger partial charge >= 0.3 is 5.69 Å². The number of hydrogen-bond acceptors (Lipinski definition) is 6. The molecule has 2 heterocycles. The number of nitrogens with two attached hydrogens (primary N) is 1. The fraction of sp³-hybridized carbons (Fsp3) is 0.556. The number of nitrogen functional groups attached to an aromatic ring is 1. The van der Waals surface area contributed by atoms with E-state index in [-0.39, 0.29) is 19.0 Å². The maximum Gasteiger partial charge on any atom is 0.349 e. The molecule has 1 saturated heterocycles. The summed E-state index contributed by atoms with van der Waals surface area (Å²) in [5, 5.41) is 18.7. The Bertz CT molecular complexity index is 433. The molecule has 1 aromatic heterocycles. The van der Waals surface area contributed by atoms with E-state index in [9.17, 15) is 9.90 Å². The van der Waals surface area contributed by atoms with E-state index in [1.165, 1.54) is 16.8 Å². The van der Waals surface area contributed by atoms with E-state index >= 15 is 0 Å². The van der Waals surface area contributed by atoms with Gasteiger partial charge in [0.2, 0.25) is 0 Å². The lowest BCUT2D eigenvalue weighted by molar-refractivity contribution is 0.00189. The van der Waals surface area contributed by atoms with Crippen molar-refractivity contribution in [1.29, 1.82) is 0 Å². The second-order valence-corrected chi connectivity index (χ2v) is 3.65. The van der Waals surface area contributed by atoms with Crippen molar-refractivity contribution in [3.05, 3.63) is 22.7 Å². The van der Waals surface area contributed by atoms with E-state index in [1.54, 1.807) is 0 Å². The van der Waals surface area contributed by atoms with Crippen LogP contribution in [-0.2, 0) is 4.74 Å². The van der Waals surface area contributed by atoms with E-state index in [0.717, 1.165) is 0 Å². The van der Waals surface area contributed by atoms with Gasteiger partial charge in [-0.3, -0.25) is 4.57 Å². The Morgan fingerprint density at radius 3 is 3.00 bits per heavy atom. The van der Waals surface area contributed by atoms with Gasteiger partial charge in [-0.15, -0.1) is 0 Å². The van der Waals surface area contributed by atoms with Crippen molar-refractivity contribution in [2.75, 3.05) is 18.9 Å². The van der Waals surface area contributed by atoms with Crippen LogP contribution in [0, 0.1) is 0 Å². The molecule has 0 aromatic carbocycles. The molecule has 1 aliphatic heterocycles. The van der Waals surface area contributed by atoms with Crippen LogP contribution >= 0.6 is 0 Å². The van der Waals surface area contributed by atoms with Crippen molar-refractivity contribution in [2.45, 2.75) is 18.2 Å². The van der Waals surface area contributed by atoms with E-state index in [1.807, 2.05) is 0 Å². The molecule has 4 N–H and O–H groups in total. The molecule has 7 nitrogen and oxygen atoms in total. The molecule has 0 spiro atoms. The first-order chi connectivity index (χ1) is 7.63. The van der Waals surface area contributed by atoms with Crippen LogP contribution in [0.3, 0.4) is 0 Å². The Morgan fingerprint density at radius 1 is 1.69 bits per heavy atom. The number of ether oxygens (including phenoxy) is 1. The summed E-state index contributed by atoms with van der Waals surface area (Å²) in [7, 11) is 0. The summed E-state index contributed by atoms with van der Waals surface area (Å²) in [5.41, 5.74) is 4.82. The Kier molecular flexibility index (Phi) is 2.90. The largest absolute Gasteiger partial charge is 0.394 e.